The summed E-state index contributed by atoms with van der Waals surface area (Å²) in [4.78, 5) is 43.0. The van der Waals surface area contributed by atoms with Crippen molar-refractivity contribution in [1.29, 1.82) is 0 Å². The number of fused-ring (bicyclic) bond motifs is 3. The molecule has 1 amide bonds. The minimum Gasteiger partial charge on any atom is -0.465 e. The number of benzene rings is 1. The van der Waals surface area contributed by atoms with Crippen LogP contribution in [0.5, 0.6) is 0 Å². The molecule has 12 nitrogen and oxygen atoms in total. The largest absolute Gasteiger partial charge is 0.465 e. The van der Waals surface area contributed by atoms with Gasteiger partial charge in [-0.1, -0.05) is 17.7 Å². The summed E-state index contributed by atoms with van der Waals surface area (Å²) in [6, 6.07) is 6.07. The van der Waals surface area contributed by atoms with E-state index < -0.39 is 24.7 Å². The van der Waals surface area contributed by atoms with Gasteiger partial charge in [0.15, 0.2) is 5.82 Å². The zero-order valence-electron chi connectivity index (χ0n) is 23.5. The zero-order chi connectivity index (χ0) is 29.8. The Morgan fingerprint density at radius 3 is 2.68 bits per heavy atom. The maximum Gasteiger partial charge on any atom is 0.412 e. The second kappa shape index (κ2) is 9.30. The average Bonchev–Trinajstić information content (AvgIpc) is 3.32. The highest BCUT2D eigenvalue weighted by molar-refractivity contribution is 6.29. The van der Waals surface area contributed by atoms with Gasteiger partial charge in [0.1, 0.15) is 22.8 Å². The lowest BCUT2D eigenvalue weighted by molar-refractivity contribution is 0.203. The van der Waals surface area contributed by atoms with Crippen LogP contribution in [0, 0.1) is 6.92 Å². The van der Waals surface area contributed by atoms with E-state index >= 15 is 0 Å². The highest BCUT2D eigenvalue weighted by Gasteiger charge is 2.22. The van der Waals surface area contributed by atoms with E-state index in [4.69, 9.17) is 21.4 Å². The molecule has 0 aliphatic rings. The predicted molar refractivity (Wildman–Crippen MR) is 146 cm³/mol. The Morgan fingerprint density at radius 2 is 2.00 bits per heavy atom. The predicted octanol–water partition coefficient (Wildman–Crippen LogP) is 3.87. The first-order valence-electron chi connectivity index (χ1n) is 12.8. The van der Waals surface area contributed by atoms with Crippen LogP contribution in [0.25, 0.3) is 27.8 Å². The average molecular weight is 537 g/mol. The summed E-state index contributed by atoms with van der Waals surface area (Å²) in [5.41, 5.74) is 7.58. The highest BCUT2D eigenvalue weighted by Crippen LogP contribution is 2.33. The molecule has 5 rings (SSSR count). The maximum atomic E-state index is 13.9. The number of aryl methyl sites for hydroxylation is 2. The summed E-state index contributed by atoms with van der Waals surface area (Å²) < 4.78 is 26.8. The lowest BCUT2D eigenvalue weighted by Gasteiger charge is -2.23. The fourth-order valence-electron chi connectivity index (χ4n) is 4.36. The second-order valence-corrected chi connectivity index (χ2v) is 9.11. The van der Waals surface area contributed by atoms with Crippen LogP contribution in [0.4, 0.5) is 22.2 Å². The molecule has 194 valence electrons. The van der Waals surface area contributed by atoms with Crippen molar-refractivity contribution < 1.29 is 14.0 Å². The number of nitrogens with two attached hydrogens (primary N) is 1. The molecule has 0 spiro atoms. The number of nitrogen functional groups attached to an aromatic ring is 1. The van der Waals surface area contributed by atoms with Crippen LogP contribution < -0.4 is 21.5 Å². The Hall–Kier alpha value is -4.71. The third-order valence-electron chi connectivity index (χ3n) is 6.14. The van der Waals surface area contributed by atoms with E-state index in [2.05, 4.69) is 25.3 Å². The summed E-state index contributed by atoms with van der Waals surface area (Å²) in [5.74, 6) is 0.107. The van der Waals surface area contributed by atoms with Crippen molar-refractivity contribution in [3.63, 3.8) is 0 Å². The molecule has 0 aliphatic heterocycles. The number of aromatic nitrogens is 6. The monoisotopic (exact) mass is 536 g/mol. The summed E-state index contributed by atoms with van der Waals surface area (Å²) in [6.07, 6.45) is 3.00. The number of rotatable bonds is 5. The van der Waals surface area contributed by atoms with Crippen molar-refractivity contribution in [2.45, 2.75) is 19.9 Å². The number of nitrogens with one attached hydrogen (secondary N) is 1. The van der Waals surface area contributed by atoms with Crippen molar-refractivity contribution >= 4 is 51.7 Å². The first kappa shape index (κ1) is 21.4. The van der Waals surface area contributed by atoms with Gasteiger partial charge in [0.05, 0.1) is 22.6 Å². The van der Waals surface area contributed by atoms with Gasteiger partial charge in [-0.05, 0) is 43.2 Å². The number of halogens is 1. The number of nitrogens with zero attached hydrogens (tertiary/aromatic N) is 7. The Labute approximate surface area is 225 Å². The highest BCUT2D eigenvalue weighted by atomic mass is 35.5. The molecule has 4 aromatic heterocycles. The smallest absolute Gasteiger partial charge is 0.412 e. The van der Waals surface area contributed by atoms with Crippen LogP contribution in [-0.2, 0) is 6.98 Å². The van der Waals surface area contributed by atoms with Crippen LogP contribution in [-0.4, -0.2) is 47.2 Å². The molecular formula is C25H24ClN9O3. The number of anilines is 3. The number of hydrogen-bond acceptors (Lipinski definition) is 8. The molecule has 5 aromatic rings. The van der Waals surface area contributed by atoms with Gasteiger partial charge in [-0.15, -0.1) is 0 Å². The summed E-state index contributed by atoms with van der Waals surface area (Å²) in [6.45, 7) is 0.771. The Balaban J connectivity index is 1.79. The lowest BCUT2D eigenvalue weighted by atomic mass is 10.0. The Morgan fingerprint density at radius 1 is 1.26 bits per heavy atom. The van der Waals surface area contributed by atoms with Crippen LogP contribution in [0.3, 0.4) is 0 Å². The summed E-state index contributed by atoms with van der Waals surface area (Å²) in [5, 5.41) is 13.1. The first-order valence-corrected chi connectivity index (χ1v) is 11.7. The van der Waals surface area contributed by atoms with E-state index in [-0.39, 0.29) is 33.6 Å². The van der Waals surface area contributed by atoms with Crippen LogP contribution in [0.1, 0.15) is 28.2 Å². The number of pyridine rings is 1. The van der Waals surface area contributed by atoms with E-state index in [1.165, 1.54) is 31.8 Å². The minimum atomic E-state index is -2.84. The van der Waals surface area contributed by atoms with E-state index in [1.807, 2.05) is 13.0 Å². The van der Waals surface area contributed by atoms with Gasteiger partial charge in [-0.2, -0.15) is 0 Å². The van der Waals surface area contributed by atoms with Gasteiger partial charge < -0.3 is 16.2 Å². The normalized spacial score (nSPS) is 13.6. The van der Waals surface area contributed by atoms with E-state index in [9.17, 15) is 14.7 Å². The summed E-state index contributed by atoms with van der Waals surface area (Å²) in [7, 11) is 1.34. The van der Waals surface area contributed by atoms with Crippen LogP contribution >= 0.6 is 11.6 Å². The third-order valence-corrected chi connectivity index (χ3v) is 6.35. The number of amides is 1. The van der Waals surface area contributed by atoms with Gasteiger partial charge in [0.2, 0.25) is 5.95 Å². The fraction of sp³-hybridized carbons (Fsp3) is 0.200. The minimum absolute atomic E-state index is 0.0210. The quantitative estimate of drug-likeness (QED) is 0.283. The maximum absolute atomic E-state index is 13.9. The number of carboxylic acid groups (broad SMARTS) is 1. The lowest BCUT2D eigenvalue weighted by Crippen LogP contribution is -2.26. The Bertz CT molecular complexity index is 1890. The summed E-state index contributed by atoms with van der Waals surface area (Å²) >= 11 is 6.05. The van der Waals surface area contributed by atoms with Gasteiger partial charge >= 0.3 is 6.09 Å². The van der Waals surface area contributed by atoms with Crippen molar-refractivity contribution in [2.75, 3.05) is 23.0 Å². The molecule has 1 aromatic carbocycles. The van der Waals surface area contributed by atoms with Gasteiger partial charge in [0.25, 0.3) is 5.56 Å². The molecule has 1 atom stereocenters. The molecule has 0 radical (unpaired) electrons. The topological polar surface area (TPSA) is 157 Å². The fourth-order valence-corrected chi connectivity index (χ4v) is 4.51. The molecule has 0 bridgehead atoms. The Kier molecular flexibility index (Phi) is 5.24. The van der Waals surface area contributed by atoms with Gasteiger partial charge in [-0.3, -0.25) is 18.7 Å². The second-order valence-electron chi connectivity index (χ2n) is 8.72. The van der Waals surface area contributed by atoms with Crippen LogP contribution in [0.15, 0.2) is 47.8 Å². The standard InChI is InChI=1S/C25H24ClN9O3/c1-12-7-15(13(2)31-17-5-6-18(26)32-21(17)33(3)25(37)38)20-16(8-12)23(36)34(4)22-19(30-11-35(20)22)14-9-28-24(27)29-10-14/h5-11,13,31H,1-4H3,(H,37,38)(H2,27,28,29)/i4D3. The van der Waals surface area contributed by atoms with Gasteiger partial charge in [0, 0.05) is 36.1 Å². The molecule has 1 unspecified atom stereocenters. The molecule has 13 heteroatoms. The molecule has 38 heavy (non-hydrogen) atoms. The van der Waals surface area contributed by atoms with Crippen molar-refractivity contribution in [2.24, 2.45) is 6.98 Å². The van der Waals surface area contributed by atoms with E-state index in [0.29, 0.717) is 27.9 Å². The molecule has 0 saturated carbocycles. The third kappa shape index (κ3) is 4.14. The first-order chi connectivity index (χ1) is 19.3. The molecule has 4 heterocycles. The molecule has 4 N–H and O–H groups in total. The van der Waals surface area contributed by atoms with E-state index in [1.54, 1.807) is 23.5 Å². The zero-order valence-corrected chi connectivity index (χ0v) is 21.2. The number of hydrogen-bond donors (Lipinski definition) is 3. The van der Waals surface area contributed by atoms with Crippen molar-refractivity contribution in [3.8, 4) is 11.3 Å². The van der Waals surface area contributed by atoms with E-state index in [0.717, 1.165) is 9.47 Å². The number of imidazole rings is 1. The van der Waals surface area contributed by atoms with Gasteiger partial charge in [-0.25, -0.2) is 24.7 Å². The molecular weight excluding hydrogens is 510 g/mol. The number of carbonyl (C=O) groups is 1. The van der Waals surface area contributed by atoms with Crippen molar-refractivity contribution in [3.05, 3.63) is 69.6 Å². The molecule has 0 fully saturated rings. The van der Waals surface area contributed by atoms with Crippen molar-refractivity contribution in [1.82, 2.24) is 28.9 Å². The SMILES string of the molecule is [2H]C([2H])([2H])n1c(=O)c2cc(C)cc(C(C)Nc3ccc(Cl)nc3N(C)C(=O)O)c2n2cnc(-c3cnc(N)nc3)c12. The van der Waals surface area contributed by atoms with Crippen LogP contribution in [0.2, 0.25) is 5.15 Å². The molecule has 0 saturated heterocycles. The molecule has 0 aliphatic carbocycles.